The minimum atomic E-state index is -0.290. The first-order valence-corrected chi connectivity index (χ1v) is 5.52. The van der Waals surface area contributed by atoms with Crippen LogP contribution in [0, 0.1) is 6.92 Å². The highest BCUT2D eigenvalue weighted by Gasteiger charge is 2.23. The maximum Gasteiger partial charge on any atom is 0.202 e. The van der Waals surface area contributed by atoms with E-state index in [9.17, 15) is 4.79 Å². The molecular formula is C10H13NO2S. The lowest BCUT2D eigenvalue weighted by atomic mass is 10.2. The van der Waals surface area contributed by atoms with E-state index in [-0.39, 0.29) is 11.9 Å². The van der Waals surface area contributed by atoms with Gasteiger partial charge >= 0.3 is 0 Å². The lowest BCUT2D eigenvalue weighted by Gasteiger charge is -2.21. The number of carbonyl (C=O) groups excluding carboxylic acids is 1. The Bertz CT molecular complexity index is 329. The van der Waals surface area contributed by atoms with Gasteiger partial charge in [-0.1, -0.05) is 0 Å². The van der Waals surface area contributed by atoms with Crippen LogP contribution in [0.3, 0.4) is 0 Å². The van der Waals surface area contributed by atoms with Crippen LogP contribution in [0.2, 0.25) is 0 Å². The highest BCUT2D eigenvalue weighted by atomic mass is 32.1. The lowest BCUT2D eigenvalue weighted by Crippen LogP contribution is -2.42. The van der Waals surface area contributed by atoms with E-state index in [4.69, 9.17) is 4.74 Å². The predicted octanol–water partition coefficient (Wildman–Crippen LogP) is 1.23. The van der Waals surface area contributed by atoms with Gasteiger partial charge in [0.2, 0.25) is 5.78 Å². The zero-order chi connectivity index (χ0) is 9.97. The Balaban J connectivity index is 2.07. The van der Waals surface area contributed by atoms with Crippen LogP contribution in [0.1, 0.15) is 14.5 Å². The van der Waals surface area contributed by atoms with Crippen molar-refractivity contribution in [3.63, 3.8) is 0 Å². The van der Waals surface area contributed by atoms with Crippen molar-refractivity contribution >= 4 is 17.1 Å². The van der Waals surface area contributed by atoms with Gasteiger partial charge in [-0.15, -0.1) is 11.3 Å². The van der Waals surface area contributed by atoms with E-state index in [0.29, 0.717) is 13.2 Å². The molecule has 1 aliphatic rings. The molecule has 2 rings (SSSR count). The monoisotopic (exact) mass is 211 g/mol. The molecule has 0 aliphatic carbocycles. The minimum Gasteiger partial charge on any atom is -0.367 e. The van der Waals surface area contributed by atoms with Gasteiger partial charge in [-0.3, -0.25) is 4.79 Å². The first-order valence-electron chi connectivity index (χ1n) is 4.70. The molecule has 0 amide bonds. The molecule has 4 heteroatoms. The third-order valence-electron chi connectivity index (χ3n) is 2.20. The largest absolute Gasteiger partial charge is 0.367 e. The molecule has 0 radical (unpaired) electrons. The summed E-state index contributed by atoms with van der Waals surface area (Å²) in [6, 6.07) is 3.84. The summed E-state index contributed by atoms with van der Waals surface area (Å²) >= 11 is 1.53. The number of ether oxygens (including phenoxy) is 1. The first-order chi connectivity index (χ1) is 6.77. The molecule has 0 bridgehead atoms. The second kappa shape index (κ2) is 4.21. The number of hydrogen-bond donors (Lipinski definition) is 1. The van der Waals surface area contributed by atoms with Crippen molar-refractivity contribution in [1.29, 1.82) is 0 Å². The Labute approximate surface area is 87.1 Å². The SMILES string of the molecule is Cc1ccc(C(=O)C2CNCCO2)s1. The summed E-state index contributed by atoms with van der Waals surface area (Å²) in [5.74, 6) is 0.107. The standard InChI is InChI=1S/C10H13NO2S/c1-7-2-3-9(14-7)10(12)8-6-11-4-5-13-8/h2-3,8,11H,4-6H2,1H3. The van der Waals surface area contributed by atoms with E-state index < -0.39 is 0 Å². The third-order valence-corrected chi connectivity index (χ3v) is 3.22. The number of morpholine rings is 1. The van der Waals surface area contributed by atoms with E-state index in [0.717, 1.165) is 16.3 Å². The van der Waals surface area contributed by atoms with Crippen LogP contribution >= 0.6 is 11.3 Å². The molecule has 1 saturated heterocycles. The van der Waals surface area contributed by atoms with Gasteiger partial charge in [-0.2, -0.15) is 0 Å². The van der Waals surface area contributed by atoms with Gasteiger partial charge in [0.1, 0.15) is 6.10 Å². The van der Waals surface area contributed by atoms with Crippen LogP contribution in [0.5, 0.6) is 0 Å². The molecule has 1 unspecified atom stereocenters. The van der Waals surface area contributed by atoms with E-state index in [1.807, 2.05) is 19.1 Å². The van der Waals surface area contributed by atoms with Gasteiger partial charge < -0.3 is 10.1 Å². The summed E-state index contributed by atoms with van der Waals surface area (Å²) in [5, 5.41) is 3.15. The van der Waals surface area contributed by atoms with Crippen LogP contribution in [0.4, 0.5) is 0 Å². The molecule has 3 nitrogen and oxygen atoms in total. The van der Waals surface area contributed by atoms with Crippen molar-refractivity contribution in [2.24, 2.45) is 0 Å². The van der Waals surface area contributed by atoms with E-state index in [2.05, 4.69) is 5.32 Å². The summed E-state index contributed by atoms with van der Waals surface area (Å²) in [7, 11) is 0. The molecule has 1 N–H and O–H groups in total. The number of aryl methyl sites for hydroxylation is 1. The second-order valence-corrected chi connectivity index (χ2v) is 4.63. The quantitative estimate of drug-likeness (QED) is 0.748. The highest BCUT2D eigenvalue weighted by molar-refractivity contribution is 7.14. The van der Waals surface area contributed by atoms with Crippen molar-refractivity contribution in [2.75, 3.05) is 19.7 Å². The number of ketones is 1. The number of Topliss-reactive ketones (excluding diaryl/α,β-unsaturated/α-hetero) is 1. The Hall–Kier alpha value is -0.710. The Morgan fingerprint density at radius 3 is 3.07 bits per heavy atom. The molecule has 1 aliphatic heterocycles. The fraction of sp³-hybridized carbons (Fsp3) is 0.500. The number of nitrogens with one attached hydrogen (secondary N) is 1. The molecule has 76 valence electrons. The molecule has 0 aromatic carbocycles. The zero-order valence-corrected chi connectivity index (χ0v) is 8.89. The van der Waals surface area contributed by atoms with Crippen LogP contribution in [0.25, 0.3) is 0 Å². The summed E-state index contributed by atoms with van der Waals surface area (Å²) in [6.07, 6.45) is -0.290. The summed E-state index contributed by atoms with van der Waals surface area (Å²) < 4.78 is 5.40. The molecule has 1 aromatic rings. The molecule has 0 saturated carbocycles. The average molecular weight is 211 g/mol. The summed E-state index contributed by atoms with van der Waals surface area (Å²) in [5.41, 5.74) is 0. The topological polar surface area (TPSA) is 38.3 Å². The van der Waals surface area contributed by atoms with Gasteiger partial charge in [0.25, 0.3) is 0 Å². The maximum atomic E-state index is 11.9. The molecular weight excluding hydrogens is 198 g/mol. The fourth-order valence-electron chi connectivity index (χ4n) is 1.46. The minimum absolute atomic E-state index is 0.107. The van der Waals surface area contributed by atoms with Crippen molar-refractivity contribution < 1.29 is 9.53 Å². The van der Waals surface area contributed by atoms with E-state index >= 15 is 0 Å². The molecule has 14 heavy (non-hydrogen) atoms. The van der Waals surface area contributed by atoms with Gasteiger partial charge in [-0.05, 0) is 19.1 Å². The Morgan fingerprint density at radius 1 is 1.64 bits per heavy atom. The lowest BCUT2D eigenvalue weighted by molar-refractivity contribution is 0.0272. The van der Waals surface area contributed by atoms with Gasteiger partial charge in [-0.25, -0.2) is 0 Å². The smallest absolute Gasteiger partial charge is 0.202 e. The van der Waals surface area contributed by atoms with Crippen molar-refractivity contribution in [3.05, 3.63) is 21.9 Å². The number of thiophene rings is 1. The van der Waals surface area contributed by atoms with Crippen molar-refractivity contribution in [2.45, 2.75) is 13.0 Å². The van der Waals surface area contributed by atoms with Gasteiger partial charge in [0, 0.05) is 18.0 Å². The fourth-order valence-corrected chi connectivity index (χ4v) is 2.31. The highest BCUT2D eigenvalue weighted by Crippen LogP contribution is 2.18. The van der Waals surface area contributed by atoms with E-state index in [1.54, 1.807) is 0 Å². The molecule has 1 fully saturated rings. The van der Waals surface area contributed by atoms with E-state index in [1.165, 1.54) is 11.3 Å². The normalized spacial score (nSPS) is 22.2. The van der Waals surface area contributed by atoms with Gasteiger partial charge in [0.15, 0.2) is 0 Å². The zero-order valence-electron chi connectivity index (χ0n) is 8.08. The van der Waals surface area contributed by atoms with Crippen LogP contribution in [0.15, 0.2) is 12.1 Å². The van der Waals surface area contributed by atoms with Crippen molar-refractivity contribution in [3.8, 4) is 0 Å². The number of carbonyl (C=O) groups is 1. The third kappa shape index (κ3) is 2.03. The van der Waals surface area contributed by atoms with Crippen LogP contribution < -0.4 is 5.32 Å². The summed E-state index contributed by atoms with van der Waals surface area (Å²) in [6.45, 7) is 4.10. The molecule has 2 heterocycles. The average Bonchev–Trinajstić information content (AvgIpc) is 2.65. The number of rotatable bonds is 2. The molecule has 1 atom stereocenters. The van der Waals surface area contributed by atoms with Crippen LogP contribution in [-0.4, -0.2) is 31.6 Å². The van der Waals surface area contributed by atoms with Crippen molar-refractivity contribution in [1.82, 2.24) is 5.32 Å². The first kappa shape index (κ1) is 9.83. The second-order valence-electron chi connectivity index (χ2n) is 3.34. The maximum absolute atomic E-state index is 11.9. The molecule has 1 aromatic heterocycles. The Kier molecular flexibility index (Phi) is 2.96. The molecule has 0 spiro atoms. The summed E-state index contributed by atoms with van der Waals surface area (Å²) in [4.78, 5) is 13.8. The van der Waals surface area contributed by atoms with Crippen LogP contribution in [-0.2, 0) is 4.74 Å². The Morgan fingerprint density at radius 2 is 2.50 bits per heavy atom. The van der Waals surface area contributed by atoms with Gasteiger partial charge in [0.05, 0.1) is 11.5 Å². The number of hydrogen-bond acceptors (Lipinski definition) is 4. The predicted molar refractivity (Wildman–Crippen MR) is 56.0 cm³/mol.